The molecule has 0 N–H and O–H groups in total. The third kappa shape index (κ3) is 2.64. The number of nitro groups is 1. The molecule has 2 heterocycles. The average molecular weight is 247 g/mol. The molecule has 6 nitrogen and oxygen atoms in total. The number of nitrogens with zero attached hydrogens (tertiary/aromatic N) is 3. The number of hydrogen-bond acceptors (Lipinski definition) is 5. The fourth-order valence-corrected chi connectivity index (χ4v) is 2.07. The first-order chi connectivity index (χ1) is 8.58. The molecule has 1 aliphatic heterocycles. The molecule has 2 radical (unpaired) electrons. The van der Waals surface area contributed by atoms with Gasteiger partial charge in [-0.3, -0.25) is 14.9 Å². The van der Waals surface area contributed by atoms with Crippen molar-refractivity contribution in [1.82, 2.24) is 4.98 Å². The summed E-state index contributed by atoms with van der Waals surface area (Å²) in [6.45, 7) is 6.64. The Morgan fingerprint density at radius 1 is 1.44 bits per heavy atom. The Bertz CT molecular complexity index is 450. The number of carbonyl (C=O) groups is 1. The Hall–Kier alpha value is -1.98. The van der Waals surface area contributed by atoms with Crippen molar-refractivity contribution in [3.05, 3.63) is 35.4 Å². The van der Waals surface area contributed by atoms with Crippen molar-refractivity contribution in [2.45, 2.75) is 12.8 Å². The number of carbonyl (C=O) groups excluding carboxylic acids is 1. The van der Waals surface area contributed by atoms with Gasteiger partial charge in [-0.1, -0.05) is 0 Å². The maximum atomic E-state index is 11.0. The standard InChI is InChI=1S/C12H13N3O3/c1-9(16)10-4-6-14(7-5-10)12-3-2-11(8-13-12)15(17)18/h1-3,8,10H,4-7H2. The van der Waals surface area contributed by atoms with Gasteiger partial charge in [0.05, 0.1) is 4.92 Å². The minimum absolute atomic E-state index is 0.0224. The number of Topliss-reactive ketones (excluding diaryl/α,β-unsaturated/α-hetero) is 1. The monoisotopic (exact) mass is 247 g/mol. The summed E-state index contributed by atoms with van der Waals surface area (Å²) in [6.07, 6.45) is 2.65. The summed E-state index contributed by atoms with van der Waals surface area (Å²) in [4.78, 5) is 27.1. The Morgan fingerprint density at radius 3 is 2.56 bits per heavy atom. The van der Waals surface area contributed by atoms with Crippen molar-refractivity contribution >= 4 is 17.3 Å². The lowest BCUT2D eigenvalue weighted by molar-refractivity contribution is -0.385. The van der Waals surface area contributed by atoms with E-state index in [1.54, 1.807) is 6.07 Å². The maximum Gasteiger partial charge on any atom is 0.287 e. The molecule has 1 aromatic heterocycles. The number of anilines is 1. The van der Waals surface area contributed by atoms with Gasteiger partial charge < -0.3 is 4.90 Å². The van der Waals surface area contributed by atoms with E-state index in [-0.39, 0.29) is 17.4 Å². The fraction of sp³-hybridized carbons (Fsp3) is 0.417. The Kier molecular flexibility index (Phi) is 3.55. The van der Waals surface area contributed by atoms with Crippen molar-refractivity contribution in [1.29, 1.82) is 0 Å². The van der Waals surface area contributed by atoms with E-state index in [1.165, 1.54) is 12.3 Å². The highest BCUT2D eigenvalue weighted by Gasteiger charge is 2.23. The maximum absolute atomic E-state index is 11.0. The highest BCUT2D eigenvalue weighted by Crippen LogP contribution is 2.23. The fourth-order valence-electron chi connectivity index (χ4n) is 2.07. The van der Waals surface area contributed by atoms with Gasteiger partial charge in [0.2, 0.25) is 0 Å². The van der Waals surface area contributed by atoms with E-state index in [0.717, 1.165) is 0 Å². The summed E-state index contributed by atoms with van der Waals surface area (Å²) in [5, 5.41) is 10.5. The Morgan fingerprint density at radius 2 is 2.11 bits per heavy atom. The van der Waals surface area contributed by atoms with E-state index in [2.05, 4.69) is 4.98 Å². The third-order valence-electron chi connectivity index (χ3n) is 3.16. The van der Waals surface area contributed by atoms with E-state index in [4.69, 9.17) is 6.92 Å². The predicted octanol–water partition coefficient (Wildman–Crippen LogP) is 1.49. The minimum atomic E-state index is -0.476. The SMILES string of the molecule is [CH]C(=O)C1CCN(c2ccc([N+](=O)[O-])cn2)CC1. The van der Waals surface area contributed by atoms with Crippen LogP contribution in [-0.2, 0) is 4.79 Å². The lowest BCUT2D eigenvalue weighted by Crippen LogP contribution is -2.36. The van der Waals surface area contributed by atoms with Crippen LogP contribution in [0.4, 0.5) is 11.5 Å². The Labute approximate surface area is 105 Å². The smallest absolute Gasteiger partial charge is 0.287 e. The molecule has 2 rings (SSSR count). The number of pyridine rings is 1. The zero-order valence-electron chi connectivity index (χ0n) is 9.78. The average Bonchev–Trinajstić information content (AvgIpc) is 2.39. The number of rotatable bonds is 3. The molecular weight excluding hydrogens is 234 g/mol. The lowest BCUT2D eigenvalue weighted by atomic mass is 9.93. The first-order valence-corrected chi connectivity index (χ1v) is 5.72. The van der Waals surface area contributed by atoms with Gasteiger partial charge >= 0.3 is 0 Å². The van der Waals surface area contributed by atoms with Crippen molar-refractivity contribution in [3.63, 3.8) is 0 Å². The van der Waals surface area contributed by atoms with Crippen LogP contribution >= 0.6 is 0 Å². The molecule has 94 valence electrons. The molecule has 0 aromatic carbocycles. The molecule has 0 aliphatic carbocycles. The molecule has 1 aromatic rings. The van der Waals surface area contributed by atoms with E-state index >= 15 is 0 Å². The highest BCUT2D eigenvalue weighted by atomic mass is 16.6. The van der Waals surface area contributed by atoms with E-state index in [9.17, 15) is 14.9 Å². The van der Waals surface area contributed by atoms with Gasteiger partial charge in [0.25, 0.3) is 5.69 Å². The summed E-state index contributed by atoms with van der Waals surface area (Å²) in [6, 6.07) is 3.06. The lowest BCUT2D eigenvalue weighted by Gasteiger charge is -2.31. The first kappa shape index (κ1) is 12.5. The number of aromatic nitrogens is 1. The molecule has 0 unspecified atom stereocenters. The number of ketones is 1. The molecule has 6 heteroatoms. The van der Waals surface area contributed by atoms with Crippen LogP contribution in [0.15, 0.2) is 18.3 Å². The summed E-state index contributed by atoms with van der Waals surface area (Å²) < 4.78 is 0. The normalized spacial score (nSPS) is 16.6. The van der Waals surface area contributed by atoms with Gasteiger partial charge in [0.1, 0.15) is 17.8 Å². The van der Waals surface area contributed by atoms with E-state index in [1.807, 2.05) is 4.90 Å². The first-order valence-electron chi connectivity index (χ1n) is 5.72. The van der Waals surface area contributed by atoms with E-state index < -0.39 is 4.92 Å². The Balaban J connectivity index is 2.01. The van der Waals surface area contributed by atoms with Crippen LogP contribution in [0, 0.1) is 23.0 Å². The zero-order chi connectivity index (χ0) is 13.1. The molecular formula is C12H13N3O3. The summed E-state index contributed by atoms with van der Waals surface area (Å²) >= 11 is 0. The van der Waals surface area contributed by atoms with Crippen molar-refractivity contribution in [2.24, 2.45) is 5.92 Å². The zero-order valence-corrected chi connectivity index (χ0v) is 9.78. The van der Waals surface area contributed by atoms with Crippen LogP contribution in [-0.4, -0.2) is 28.8 Å². The molecule has 0 bridgehead atoms. The van der Waals surface area contributed by atoms with Gasteiger partial charge in [-0.05, 0) is 18.9 Å². The van der Waals surface area contributed by atoms with Gasteiger partial charge in [0, 0.05) is 32.0 Å². The highest BCUT2D eigenvalue weighted by molar-refractivity contribution is 5.85. The van der Waals surface area contributed by atoms with Crippen molar-refractivity contribution in [2.75, 3.05) is 18.0 Å². The quantitative estimate of drug-likeness (QED) is 0.597. The summed E-state index contributed by atoms with van der Waals surface area (Å²) in [5.74, 6) is 0.370. The molecule has 0 amide bonds. The van der Waals surface area contributed by atoms with Crippen LogP contribution in [0.25, 0.3) is 0 Å². The predicted molar refractivity (Wildman–Crippen MR) is 65.1 cm³/mol. The number of hydrogen-bond donors (Lipinski definition) is 0. The molecule has 18 heavy (non-hydrogen) atoms. The van der Waals surface area contributed by atoms with Crippen molar-refractivity contribution < 1.29 is 9.72 Å². The van der Waals surface area contributed by atoms with Crippen LogP contribution in [0.2, 0.25) is 0 Å². The third-order valence-corrected chi connectivity index (χ3v) is 3.16. The summed E-state index contributed by atoms with van der Waals surface area (Å²) in [7, 11) is 0. The second kappa shape index (κ2) is 5.12. The molecule has 0 spiro atoms. The minimum Gasteiger partial charge on any atom is -0.357 e. The van der Waals surface area contributed by atoms with Crippen LogP contribution in [0.3, 0.4) is 0 Å². The second-order valence-corrected chi connectivity index (χ2v) is 4.30. The van der Waals surface area contributed by atoms with Crippen molar-refractivity contribution in [3.8, 4) is 0 Å². The second-order valence-electron chi connectivity index (χ2n) is 4.30. The number of piperidine rings is 1. The molecule has 0 saturated carbocycles. The van der Waals surface area contributed by atoms with Gasteiger partial charge in [0.15, 0.2) is 0 Å². The summed E-state index contributed by atoms with van der Waals surface area (Å²) in [5.41, 5.74) is -0.0224. The molecule has 0 atom stereocenters. The largest absolute Gasteiger partial charge is 0.357 e. The molecule has 1 aliphatic rings. The van der Waals surface area contributed by atoms with E-state index in [0.29, 0.717) is 31.7 Å². The van der Waals surface area contributed by atoms with Gasteiger partial charge in [-0.15, -0.1) is 0 Å². The van der Waals surface area contributed by atoms with Crippen LogP contribution < -0.4 is 4.90 Å². The van der Waals surface area contributed by atoms with Gasteiger partial charge in [-0.25, -0.2) is 4.98 Å². The van der Waals surface area contributed by atoms with Crippen LogP contribution in [0.5, 0.6) is 0 Å². The van der Waals surface area contributed by atoms with Crippen LogP contribution in [0.1, 0.15) is 12.8 Å². The topological polar surface area (TPSA) is 76.3 Å². The van der Waals surface area contributed by atoms with Gasteiger partial charge in [-0.2, -0.15) is 0 Å². The molecule has 1 fully saturated rings. The molecule has 1 saturated heterocycles.